The van der Waals surface area contributed by atoms with Crippen LogP contribution in [0.4, 0.5) is 11.4 Å². The molecule has 0 bridgehead atoms. The van der Waals surface area contributed by atoms with Gasteiger partial charge >= 0.3 is 0 Å². The van der Waals surface area contributed by atoms with Crippen LogP contribution in [0.25, 0.3) is 10.8 Å². The van der Waals surface area contributed by atoms with Gasteiger partial charge in [-0.05, 0) is 36.6 Å². The number of halogens is 1. The van der Waals surface area contributed by atoms with Crippen molar-refractivity contribution in [3.63, 3.8) is 0 Å². The lowest BCUT2D eigenvalue weighted by Gasteiger charge is -2.13. The van der Waals surface area contributed by atoms with E-state index in [2.05, 4.69) is 20.8 Å². The fraction of sp³-hybridized carbons (Fsp3) is 0.174. The molecule has 0 aliphatic rings. The number of thioether (sulfide) groups is 1. The van der Waals surface area contributed by atoms with Gasteiger partial charge in [0.2, 0.25) is 5.91 Å². The van der Waals surface area contributed by atoms with Crippen LogP contribution in [0.5, 0.6) is 0 Å². The first-order chi connectivity index (χ1) is 15.0. The largest absolute Gasteiger partial charge is 0.378 e. The third-order valence-corrected chi connectivity index (χ3v) is 6.27. The highest BCUT2D eigenvalue weighted by atomic mass is 35.5. The van der Waals surface area contributed by atoms with Gasteiger partial charge < -0.3 is 15.2 Å². The van der Waals surface area contributed by atoms with Crippen LogP contribution in [0.1, 0.15) is 12.7 Å². The Morgan fingerprint density at radius 3 is 2.71 bits per heavy atom. The van der Waals surface area contributed by atoms with Crippen LogP contribution in [0, 0.1) is 0 Å². The van der Waals surface area contributed by atoms with Gasteiger partial charge in [-0.25, -0.2) is 0 Å². The summed E-state index contributed by atoms with van der Waals surface area (Å²) in [4.78, 5) is 12.8. The van der Waals surface area contributed by atoms with Crippen LogP contribution in [0.2, 0.25) is 5.02 Å². The van der Waals surface area contributed by atoms with Crippen LogP contribution >= 0.6 is 23.4 Å². The Balaban J connectivity index is 1.40. The van der Waals surface area contributed by atoms with E-state index in [0.29, 0.717) is 16.7 Å². The minimum Gasteiger partial charge on any atom is -0.378 e. The summed E-state index contributed by atoms with van der Waals surface area (Å²) < 4.78 is 1.89. The molecule has 2 N–H and O–H groups in total. The Morgan fingerprint density at radius 2 is 1.87 bits per heavy atom. The average Bonchev–Trinajstić information content (AvgIpc) is 3.11. The Morgan fingerprint density at radius 1 is 1.10 bits per heavy atom. The highest BCUT2D eigenvalue weighted by Gasteiger charge is 2.19. The fourth-order valence-corrected chi connectivity index (χ4v) is 4.19. The molecular formula is C23H22ClN5OS. The van der Waals surface area contributed by atoms with E-state index in [1.54, 1.807) is 0 Å². The van der Waals surface area contributed by atoms with Gasteiger partial charge in [0, 0.05) is 28.8 Å². The summed E-state index contributed by atoms with van der Waals surface area (Å²) in [6, 6.07) is 21.4. The normalized spacial score (nSPS) is 12.0. The molecule has 0 aliphatic heterocycles. The summed E-state index contributed by atoms with van der Waals surface area (Å²) in [5.41, 5.74) is 1.72. The van der Waals surface area contributed by atoms with Gasteiger partial charge in [-0.2, -0.15) is 0 Å². The van der Waals surface area contributed by atoms with Crippen molar-refractivity contribution in [2.24, 2.45) is 7.05 Å². The molecule has 0 aliphatic carbocycles. The molecule has 1 heterocycles. The minimum atomic E-state index is -0.337. The quantitative estimate of drug-likeness (QED) is 0.370. The first-order valence-corrected chi connectivity index (χ1v) is 11.1. The zero-order valence-electron chi connectivity index (χ0n) is 17.2. The lowest BCUT2D eigenvalue weighted by atomic mass is 10.1. The molecule has 1 aromatic heterocycles. The number of fused-ring (bicyclic) bond motifs is 1. The summed E-state index contributed by atoms with van der Waals surface area (Å²) in [7, 11) is 1.90. The monoisotopic (exact) mass is 451 g/mol. The van der Waals surface area contributed by atoms with E-state index in [9.17, 15) is 4.79 Å². The average molecular weight is 452 g/mol. The lowest BCUT2D eigenvalue weighted by Crippen LogP contribution is -2.23. The number of benzene rings is 3. The molecule has 8 heteroatoms. The van der Waals surface area contributed by atoms with Crippen molar-refractivity contribution in [2.75, 3.05) is 10.6 Å². The first-order valence-electron chi connectivity index (χ1n) is 9.84. The molecule has 4 aromatic rings. The summed E-state index contributed by atoms with van der Waals surface area (Å²) >= 11 is 7.40. The van der Waals surface area contributed by atoms with Crippen LogP contribution in [0.3, 0.4) is 0 Å². The molecule has 3 aromatic carbocycles. The van der Waals surface area contributed by atoms with Gasteiger partial charge in [0.1, 0.15) is 0 Å². The topological polar surface area (TPSA) is 71.8 Å². The van der Waals surface area contributed by atoms with Crippen molar-refractivity contribution in [3.8, 4) is 0 Å². The number of nitrogens with one attached hydrogen (secondary N) is 2. The summed E-state index contributed by atoms with van der Waals surface area (Å²) in [6.07, 6.45) is 0. The maximum absolute atomic E-state index is 12.8. The summed E-state index contributed by atoms with van der Waals surface area (Å²) in [5, 5.41) is 18.0. The minimum absolute atomic E-state index is 0.0806. The standard InChI is InChI=1S/C23H22ClN5OS/c1-15(22(30)26-20-12-5-8-16-7-3-4-11-19(16)20)31-23-28-27-21(29(23)2)14-25-18-10-6-9-17(24)13-18/h3-13,15,25H,14H2,1-2H3,(H,26,30)/t15-/m0/s1. The van der Waals surface area contributed by atoms with Crippen molar-refractivity contribution < 1.29 is 4.79 Å². The molecule has 6 nitrogen and oxygen atoms in total. The molecule has 31 heavy (non-hydrogen) atoms. The Bertz CT molecular complexity index is 1220. The van der Waals surface area contributed by atoms with Gasteiger partial charge in [-0.3, -0.25) is 4.79 Å². The molecule has 0 fully saturated rings. The second-order valence-electron chi connectivity index (χ2n) is 7.10. The van der Waals surface area contributed by atoms with Crippen molar-refractivity contribution >= 4 is 51.4 Å². The molecule has 4 rings (SSSR count). The van der Waals surface area contributed by atoms with Gasteiger partial charge in [0.25, 0.3) is 0 Å². The third kappa shape index (κ3) is 5.00. The second-order valence-corrected chi connectivity index (χ2v) is 8.84. The zero-order valence-corrected chi connectivity index (χ0v) is 18.7. The molecule has 0 spiro atoms. The van der Waals surface area contributed by atoms with Crippen LogP contribution < -0.4 is 10.6 Å². The van der Waals surface area contributed by atoms with Gasteiger partial charge in [-0.15, -0.1) is 10.2 Å². The van der Waals surface area contributed by atoms with Crippen molar-refractivity contribution in [1.82, 2.24) is 14.8 Å². The Kier molecular flexibility index (Phi) is 6.44. The molecule has 0 saturated heterocycles. The van der Waals surface area contributed by atoms with Crippen molar-refractivity contribution in [1.29, 1.82) is 0 Å². The highest BCUT2D eigenvalue weighted by Crippen LogP contribution is 2.26. The molecule has 158 valence electrons. The predicted molar refractivity (Wildman–Crippen MR) is 128 cm³/mol. The van der Waals surface area contributed by atoms with E-state index in [1.165, 1.54) is 11.8 Å². The smallest absolute Gasteiger partial charge is 0.237 e. The molecule has 1 amide bonds. The lowest BCUT2D eigenvalue weighted by molar-refractivity contribution is -0.115. The first kappa shape index (κ1) is 21.2. The Labute approximate surface area is 190 Å². The maximum Gasteiger partial charge on any atom is 0.237 e. The summed E-state index contributed by atoms with van der Waals surface area (Å²) in [5.74, 6) is 0.687. The van der Waals surface area contributed by atoms with E-state index in [1.807, 2.05) is 85.3 Å². The Hall–Kier alpha value is -3.03. The number of nitrogens with zero attached hydrogens (tertiary/aromatic N) is 3. The number of hydrogen-bond acceptors (Lipinski definition) is 5. The van der Waals surface area contributed by atoms with E-state index in [-0.39, 0.29) is 11.2 Å². The summed E-state index contributed by atoms with van der Waals surface area (Å²) in [6.45, 7) is 2.37. The maximum atomic E-state index is 12.8. The van der Waals surface area contributed by atoms with E-state index >= 15 is 0 Å². The third-order valence-electron chi connectivity index (χ3n) is 4.90. The number of hydrogen-bond donors (Lipinski definition) is 2. The number of amides is 1. The van der Waals surface area contributed by atoms with Crippen molar-refractivity contribution in [2.45, 2.75) is 23.9 Å². The number of aromatic nitrogens is 3. The molecule has 0 unspecified atom stereocenters. The van der Waals surface area contributed by atoms with Gasteiger partial charge in [0.05, 0.1) is 11.8 Å². The molecule has 0 saturated carbocycles. The van der Waals surface area contributed by atoms with E-state index < -0.39 is 0 Å². The highest BCUT2D eigenvalue weighted by molar-refractivity contribution is 8.00. The van der Waals surface area contributed by atoms with Crippen LogP contribution in [0.15, 0.2) is 71.9 Å². The van der Waals surface area contributed by atoms with Crippen LogP contribution in [-0.4, -0.2) is 25.9 Å². The van der Waals surface area contributed by atoms with Gasteiger partial charge in [0.15, 0.2) is 11.0 Å². The fourth-order valence-electron chi connectivity index (χ4n) is 3.16. The second kappa shape index (κ2) is 9.41. The van der Waals surface area contributed by atoms with E-state index in [4.69, 9.17) is 11.6 Å². The SMILES string of the molecule is C[C@H](Sc1nnc(CNc2cccc(Cl)c2)n1C)C(=O)Nc1cccc2ccccc12. The van der Waals surface area contributed by atoms with E-state index in [0.717, 1.165) is 28.0 Å². The number of rotatable bonds is 7. The molecular weight excluding hydrogens is 430 g/mol. The number of carbonyl (C=O) groups is 1. The number of carbonyl (C=O) groups excluding carboxylic acids is 1. The molecule has 1 atom stereocenters. The zero-order chi connectivity index (χ0) is 21.8. The predicted octanol–water partition coefficient (Wildman–Crippen LogP) is 5.35. The van der Waals surface area contributed by atoms with Gasteiger partial charge in [-0.1, -0.05) is 65.8 Å². The van der Waals surface area contributed by atoms with Crippen LogP contribution in [-0.2, 0) is 18.4 Å². The number of anilines is 2. The van der Waals surface area contributed by atoms with Crippen molar-refractivity contribution in [3.05, 3.63) is 77.6 Å². The molecule has 0 radical (unpaired) electrons.